The predicted molar refractivity (Wildman–Crippen MR) is 71.6 cm³/mol. The molecule has 0 radical (unpaired) electrons. The van der Waals surface area contributed by atoms with Gasteiger partial charge in [-0.2, -0.15) is 4.98 Å². The molecule has 1 aromatic carbocycles. The van der Waals surface area contributed by atoms with Gasteiger partial charge < -0.3 is 9.84 Å². The number of aromatic nitrogens is 2. The minimum Gasteiger partial charge on any atom is -0.424 e. The van der Waals surface area contributed by atoms with Crippen molar-refractivity contribution in [3.63, 3.8) is 0 Å². The number of halogens is 1. The number of aryl methyl sites for hydroxylation is 2. The van der Waals surface area contributed by atoms with Gasteiger partial charge >= 0.3 is 6.01 Å². The Kier molecular flexibility index (Phi) is 3.93. The van der Waals surface area contributed by atoms with Gasteiger partial charge in [-0.05, 0) is 31.5 Å². The van der Waals surface area contributed by atoms with Crippen molar-refractivity contribution in [3.8, 4) is 11.8 Å². The summed E-state index contributed by atoms with van der Waals surface area (Å²) in [5, 5.41) is 9.05. The maximum atomic E-state index is 9.05. The zero-order chi connectivity index (χ0) is 13.1. The number of nitrogens with zero attached hydrogens (tertiary/aromatic N) is 2. The van der Waals surface area contributed by atoms with E-state index < -0.39 is 0 Å². The Balaban J connectivity index is 2.28. The quantitative estimate of drug-likeness (QED) is 0.946. The van der Waals surface area contributed by atoms with E-state index in [0.29, 0.717) is 11.3 Å². The summed E-state index contributed by atoms with van der Waals surface area (Å²) >= 11 is 3.39. The molecule has 0 fully saturated rings. The second-order valence-electron chi connectivity index (χ2n) is 3.93. The van der Waals surface area contributed by atoms with Gasteiger partial charge in [0.25, 0.3) is 0 Å². The molecule has 18 heavy (non-hydrogen) atoms. The topological polar surface area (TPSA) is 55.2 Å². The molecule has 0 saturated heterocycles. The summed E-state index contributed by atoms with van der Waals surface area (Å²) in [6.45, 7) is 3.70. The van der Waals surface area contributed by atoms with Crippen LogP contribution in [0.1, 0.15) is 16.8 Å². The van der Waals surface area contributed by atoms with Gasteiger partial charge in [0.2, 0.25) is 0 Å². The van der Waals surface area contributed by atoms with Crippen LogP contribution < -0.4 is 4.74 Å². The van der Waals surface area contributed by atoms with E-state index in [4.69, 9.17) is 9.84 Å². The van der Waals surface area contributed by atoms with Gasteiger partial charge in [0.15, 0.2) is 0 Å². The first-order valence-electron chi connectivity index (χ1n) is 5.47. The Morgan fingerprint density at radius 2 is 2.11 bits per heavy atom. The molecule has 2 aromatic rings. The van der Waals surface area contributed by atoms with Crippen molar-refractivity contribution in [1.29, 1.82) is 0 Å². The van der Waals surface area contributed by atoms with Crippen molar-refractivity contribution < 1.29 is 9.84 Å². The molecule has 0 spiro atoms. The van der Waals surface area contributed by atoms with E-state index in [1.54, 1.807) is 6.20 Å². The summed E-state index contributed by atoms with van der Waals surface area (Å²) < 4.78 is 6.57. The Morgan fingerprint density at radius 1 is 1.33 bits per heavy atom. The van der Waals surface area contributed by atoms with E-state index in [-0.39, 0.29) is 12.6 Å². The molecule has 0 atom stereocenters. The van der Waals surface area contributed by atoms with Crippen molar-refractivity contribution >= 4 is 15.9 Å². The maximum absolute atomic E-state index is 9.05. The first kappa shape index (κ1) is 13.0. The number of aliphatic hydroxyl groups excluding tert-OH is 1. The summed E-state index contributed by atoms with van der Waals surface area (Å²) in [5.41, 5.74) is 2.43. The summed E-state index contributed by atoms with van der Waals surface area (Å²) in [6, 6.07) is 6.05. The summed E-state index contributed by atoms with van der Waals surface area (Å²) in [4.78, 5) is 8.27. The first-order chi connectivity index (χ1) is 8.60. The Hall–Kier alpha value is -1.46. The lowest BCUT2D eigenvalue weighted by Gasteiger charge is -2.08. The Labute approximate surface area is 114 Å². The molecule has 0 saturated carbocycles. The lowest BCUT2D eigenvalue weighted by atomic mass is 10.2. The molecule has 0 bridgehead atoms. The van der Waals surface area contributed by atoms with Gasteiger partial charge in [0.05, 0.1) is 12.3 Å². The smallest absolute Gasteiger partial charge is 0.322 e. The number of ether oxygens (including phenoxy) is 1. The zero-order valence-corrected chi connectivity index (χ0v) is 11.7. The van der Waals surface area contributed by atoms with Crippen molar-refractivity contribution in [2.24, 2.45) is 0 Å². The fraction of sp³-hybridized carbons (Fsp3) is 0.231. The molecule has 0 aliphatic heterocycles. The van der Waals surface area contributed by atoms with Crippen LogP contribution in [-0.4, -0.2) is 15.1 Å². The number of rotatable bonds is 3. The molecule has 4 nitrogen and oxygen atoms in total. The van der Waals surface area contributed by atoms with Crippen LogP contribution >= 0.6 is 15.9 Å². The van der Waals surface area contributed by atoms with Crippen LogP contribution in [0.25, 0.3) is 0 Å². The lowest BCUT2D eigenvalue weighted by Crippen LogP contribution is -1.99. The second kappa shape index (κ2) is 5.46. The molecule has 0 unspecified atom stereocenters. The van der Waals surface area contributed by atoms with Crippen LogP contribution in [0, 0.1) is 13.8 Å². The summed E-state index contributed by atoms with van der Waals surface area (Å²) in [7, 11) is 0. The van der Waals surface area contributed by atoms with E-state index in [2.05, 4.69) is 25.9 Å². The maximum Gasteiger partial charge on any atom is 0.322 e. The minimum absolute atomic E-state index is 0.0674. The van der Waals surface area contributed by atoms with Crippen LogP contribution in [0.3, 0.4) is 0 Å². The fourth-order valence-electron chi connectivity index (χ4n) is 1.46. The summed E-state index contributed by atoms with van der Waals surface area (Å²) in [6.07, 6.45) is 1.57. The molecule has 0 aliphatic rings. The Morgan fingerprint density at radius 3 is 2.78 bits per heavy atom. The summed E-state index contributed by atoms with van der Waals surface area (Å²) in [5.74, 6) is 0.709. The van der Waals surface area contributed by atoms with Crippen molar-refractivity contribution in [1.82, 2.24) is 9.97 Å². The molecule has 1 heterocycles. The van der Waals surface area contributed by atoms with E-state index in [9.17, 15) is 0 Å². The van der Waals surface area contributed by atoms with Crippen LogP contribution in [-0.2, 0) is 6.61 Å². The predicted octanol–water partition coefficient (Wildman–Crippen LogP) is 3.14. The van der Waals surface area contributed by atoms with Gasteiger partial charge in [-0.3, -0.25) is 0 Å². The van der Waals surface area contributed by atoms with E-state index in [0.717, 1.165) is 15.7 Å². The third-order valence-corrected chi connectivity index (χ3v) is 3.07. The fourth-order valence-corrected chi connectivity index (χ4v) is 1.80. The highest BCUT2D eigenvalue weighted by molar-refractivity contribution is 9.10. The number of hydrogen-bond acceptors (Lipinski definition) is 4. The molecular weight excluding hydrogens is 296 g/mol. The number of hydrogen-bond donors (Lipinski definition) is 1. The Bertz CT molecular complexity index is 573. The highest BCUT2D eigenvalue weighted by atomic mass is 79.9. The van der Waals surface area contributed by atoms with Crippen LogP contribution in [0.4, 0.5) is 0 Å². The van der Waals surface area contributed by atoms with Crippen LogP contribution in [0.2, 0.25) is 0 Å². The molecular formula is C13H13BrN2O2. The molecule has 1 aromatic heterocycles. The van der Waals surface area contributed by atoms with Crippen molar-refractivity contribution in [2.75, 3.05) is 0 Å². The van der Waals surface area contributed by atoms with E-state index in [1.807, 2.05) is 32.0 Å². The molecule has 1 N–H and O–H groups in total. The highest BCUT2D eigenvalue weighted by Gasteiger charge is 2.07. The third kappa shape index (κ3) is 2.86. The van der Waals surface area contributed by atoms with Gasteiger partial charge in [-0.1, -0.05) is 22.0 Å². The zero-order valence-electron chi connectivity index (χ0n) is 10.1. The normalized spacial score (nSPS) is 10.4. The van der Waals surface area contributed by atoms with Crippen molar-refractivity contribution in [3.05, 3.63) is 45.7 Å². The molecule has 5 heteroatoms. The minimum atomic E-state index is -0.0674. The second-order valence-corrected chi connectivity index (χ2v) is 4.85. The average molecular weight is 309 g/mol. The van der Waals surface area contributed by atoms with Crippen LogP contribution in [0.5, 0.6) is 11.8 Å². The molecule has 0 amide bonds. The average Bonchev–Trinajstić information content (AvgIpc) is 2.34. The van der Waals surface area contributed by atoms with Gasteiger partial charge in [0, 0.05) is 16.2 Å². The van der Waals surface area contributed by atoms with Crippen molar-refractivity contribution in [2.45, 2.75) is 20.5 Å². The SMILES string of the molecule is Cc1ccc(Br)cc1Oc1ncc(CO)c(C)n1. The standard InChI is InChI=1S/C13H13BrN2O2/c1-8-3-4-11(14)5-12(8)18-13-15-6-10(7-17)9(2)16-13/h3-6,17H,7H2,1-2H3. The number of benzene rings is 1. The van der Waals surface area contributed by atoms with Crippen LogP contribution in [0.15, 0.2) is 28.9 Å². The lowest BCUT2D eigenvalue weighted by molar-refractivity contribution is 0.279. The largest absolute Gasteiger partial charge is 0.424 e. The third-order valence-electron chi connectivity index (χ3n) is 2.58. The van der Waals surface area contributed by atoms with E-state index in [1.165, 1.54) is 0 Å². The van der Waals surface area contributed by atoms with E-state index >= 15 is 0 Å². The molecule has 94 valence electrons. The number of aliphatic hydroxyl groups is 1. The molecule has 2 rings (SSSR count). The highest BCUT2D eigenvalue weighted by Crippen LogP contribution is 2.26. The monoisotopic (exact) mass is 308 g/mol. The first-order valence-corrected chi connectivity index (χ1v) is 6.27. The van der Waals surface area contributed by atoms with Gasteiger partial charge in [-0.15, -0.1) is 0 Å². The van der Waals surface area contributed by atoms with Gasteiger partial charge in [0.1, 0.15) is 5.75 Å². The van der Waals surface area contributed by atoms with Gasteiger partial charge in [-0.25, -0.2) is 4.98 Å². The molecule has 0 aliphatic carbocycles.